The molecule has 1 aromatic carbocycles. The fourth-order valence-electron chi connectivity index (χ4n) is 2.36. The third-order valence-electron chi connectivity index (χ3n) is 3.54. The molecule has 2 N–H and O–H groups in total. The lowest BCUT2D eigenvalue weighted by Crippen LogP contribution is -2.32. The van der Waals surface area contributed by atoms with Crippen LogP contribution in [0.25, 0.3) is 0 Å². The summed E-state index contributed by atoms with van der Waals surface area (Å²) < 4.78 is 18.3. The number of benzene rings is 1. The Morgan fingerprint density at radius 3 is 2.96 bits per heavy atom. The number of nitrogens with one attached hydrogen (secondary N) is 2. The van der Waals surface area contributed by atoms with Crippen LogP contribution in [0.15, 0.2) is 29.6 Å². The molecule has 5 nitrogen and oxygen atoms in total. The van der Waals surface area contributed by atoms with Crippen LogP contribution in [0.3, 0.4) is 0 Å². The first-order chi connectivity index (χ1) is 11.2. The quantitative estimate of drug-likeness (QED) is 0.852. The van der Waals surface area contributed by atoms with E-state index >= 15 is 0 Å². The average Bonchev–Trinajstić information content (AvgIpc) is 3.20. The fraction of sp³-hybridized carbons (Fsp3) is 0.375. The van der Waals surface area contributed by atoms with Gasteiger partial charge in [0.2, 0.25) is 5.91 Å². The molecule has 1 atom stereocenters. The number of carbonyl (C=O) groups excluding carboxylic acids is 1. The first-order valence-electron chi connectivity index (χ1n) is 7.54. The first kappa shape index (κ1) is 15.9. The van der Waals surface area contributed by atoms with E-state index in [0.29, 0.717) is 17.4 Å². The Labute approximate surface area is 137 Å². The van der Waals surface area contributed by atoms with Gasteiger partial charge in [-0.25, -0.2) is 9.37 Å². The molecule has 1 aromatic heterocycles. The first-order valence-corrected chi connectivity index (χ1v) is 8.42. The number of rotatable bonds is 6. The summed E-state index contributed by atoms with van der Waals surface area (Å²) in [5.74, 6) is -0.336. The summed E-state index contributed by atoms with van der Waals surface area (Å²) in [6.45, 7) is 1.34. The van der Waals surface area contributed by atoms with Gasteiger partial charge in [0, 0.05) is 24.2 Å². The highest BCUT2D eigenvalue weighted by Gasteiger charge is 2.16. The molecule has 0 saturated carbocycles. The number of carbonyl (C=O) groups is 1. The van der Waals surface area contributed by atoms with Crippen molar-refractivity contribution in [3.63, 3.8) is 0 Å². The van der Waals surface area contributed by atoms with Crippen molar-refractivity contribution in [1.82, 2.24) is 10.3 Å². The molecular weight excluding hydrogens is 317 g/mol. The van der Waals surface area contributed by atoms with Gasteiger partial charge in [-0.1, -0.05) is 0 Å². The van der Waals surface area contributed by atoms with Gasteiger partial charge in [0.1, 0.15) is 5.82 Å². The molecule has 1 aliphatic rings. The number of nitrogens with zero attached hydrogens (tertiary/aromatic N) is 1. The second kappa shape index (κ2) is 7.52. The lowest BCUT2D eigenvalue weighted by atomic mass is 10.2. The van der Waals surface area contributed by atoms with Crippen LogP contribution in [-0.4, -0.2) is 30.1 Å². The summed E-state index contributed by atoms with van der Waals surface area (Å²) in [5, 5.41) is 8.49. The number of hydrogen-bond donors (Lipinski definition) is 2. The van der Waals surface area contributed by atoms with Crippen LogP contribution in [0.5, 0.6) is 0 Å². The van der Waals surface area contributed by atoms with E-state index in [2.05, 4.69) is 15.6 Å². The zero-order valence-corrected chi connectivity index (χ0v) is 13.4. The van der Waals surface area contributed by atoms with E-state index in [-0.39, 0.29) is 24.2 Å². The van der Waals surface area contributed by atoms with Crippen LogP contribution < -0.4 is 10.6 Å². The van der Waals surface area contributed by atoms with Crippen LogP contribution in [0.1, 0.15) is 18.5 Å². The minimum absolute atomic E-state index is 0.0564. The normalized spacial score (nSPS) is 17.2. The second-order valence-corrected chi connectivity index (χ2v) is 6.25. The zero-order chi connectivity index (χ0) is 16.1. The SMILES string of the molecule is O=C(Cc1csc(Nc2ccc(F)cc2)n1)NC[C@@H]1CCCO1. The summed E-state index contributed by atoms with van der Waals surface area (Å²) >= 11 is 1.41. The Kier molecular flexibility index (Phi) is 5.19. The van der Waals surface area contributed by atoms with Gasteiger partial charge in [-0.3, -0.25) is 4.79 Å². The Hall–Kier alpha value is -1.99. The minimum atomic E-state index is -0.279. The largest absolute Gasteiger partial charge is 0.376 e. The number of ether oxygens (including phenoxy) is 1. The minimum Gasteiger partial charge on any atom is -0.376 e. The Morgan fingerprint density at radius 2 is 2.22 bits per heavy atom. The van der Waals surface area contributed by atoms with Crippen molar-refractivity contribution in [1.29, 1.82) is 0 Å². The van der Waals surface area contributed by atoms with Crippen molar-refractivity contribution in [3.05, 3.63) is 41.2 Å². The highest BCUT2D eigenvalue weighted by Crippen LogP contribution is 2.21. The standard InChI is InChI=1S/C16H18FN3O2S/c17-11-3-5-12(6-4-11)19-16-20-13(10-23-16)8-15(21)18-9-14-2-1-7-22-14/h3-6,10,14H,1-2,7-9H2,(H,18,21)(H,19,20)/t14-/m0/s1. The van der Waals surface area contributed by atoms with E-state index in [9.17, 15) is 9.18 Å². The summed E-state index contributed by atoms with van der Waals surface area (Å²) in [7, 11) is 0. The molecule has 1 saturated heterocycles. The number of hydrogen-bond acceptors (Lipinski definition) is 5. The second-order valence-electron chi connectivity index (χ2n) is 5.39. The predicted molar refractivity (Wildman–Crippen MR) is 87.5 cm³/mol. The van der Waals surface area contributed by atoms with E-state index in [0.717, 1.165) is 25.1 Å². The van der Waals surface area contributed by atoms with Crippen LogP contribution in [-0.2, 0) is 16.0 Å². The number of thiazole rings is 1. The molecule has 3 rings (SSSR count). The molecule has 122 valence electrons. The summed E-state index contributed by atoms with van der Waals surface area (Å²) in [5.41, 5.74) is 1.47. The van der Waals surface area contributed by atoms with Crippen molar-refractivity contribution >= 4 is 28.1 Å². The van der Waals surface area contributed by atoms with Gasteiger partial charge in [-0.05, 0) is 37.1 Å². The van der Waals surface area contributed by atoms with Gasteiger partial charge >= 0.3 is 0 Å². The Morgan fingerprint density at radius 1 is 1.39 bits per heavy atom. The van der Waals surface area contributed by atoms with E-state index < -0.39 is 0 Å². The van der Waals surface area contributed by atoms with Crippen LogP contribution in [0.4, 0.5) is 15.2 Å². The molecule has 23 heavy (non-hydrogen) atoms. The van der Waals surface area contributed by atoms with Gasteiger partial charge < -0.3 is 15.4 Å². The van der Waals surface area contributed by atoms with Gasteiger partial charge in [0.15, 0.2) is 5.13 Å². The molecule has 1 aliphatic heterocycles. The molecular formula is C16H18FN3O2S. The van der Waals surface area contributed by atoms with Crippen LogP contribution in [0, 0.1) is 5.82 Å². The Bertz CT molecular complexity index is 654. The monoisotopic (exact) mass is 335 g/mol. The lowest BCUT2D eigenvalue weighted by Gasteiger charge is -2.10. The third-order valence-corrected chi connectivity index (χ3v) is 4.35. The average molecular weight is 335 g/mol. The van der Waals surface area contributed by atoms with Crippen molar-refractivity contribution in [3.8, 4) is 0 Å². The van der Waals surface area contributed by atoms with Crippen molar-refractivity contribution in [2.75, 3.05) is 18.5 Å². The maximum absolute atomic E-state index is 12.9. The van der Waals surface area contributed by atoms with Gasteiger partial charge in [-0.15, -0.1) is 11.3 Å². The van der Waals surface area contributed by atoms with E-state index in [1.54, 1.807) is 12.1 Å². The van der Waals surface area contributed by atoms with Crippen molar-refractivity contribution in [2.45, 2.75) is 25.4 Å². The maximum Gasteiger partial charge on any atom is 0.226 e. The highest BCUT2D eigenvalue weighted by molar-refractivity contribution is 7.13. The molecule has 1 amide bonds. The van der Waals surface area contributed by atoms with E-state index in [4.69, 9.17) is 4.74 Å². The third kappa shape index (κ3) is 4.74. The summed E-state index contributed by atoms with van der Waals surface area (Å²) in [4.78, 5) is 16.3. The maximum atomic E-state index is 12.9. The van der Waals surface area contributed by atoms with Crippen LogP contribution in [0.2, 0.25) is 0 Å². The number of halogens is 1. The molecule has 2 aromatic rings. The van der Waals surface area contributed by atoms with E-state index in [1.807, 2.05) is 5.38 Å². The predicted octanol–water partition coefficient (Wildman–Crippen LogP) is 2.86. The van der Waals surface area contributed by atoms with Gasteiger partial charge in [-0.2, -0.15) is 0 Å². The summed E-state index contributed by atoms with van der Waals surface area (Å²) in [6.07, 6.45) is 2.45. The van der Waals surface area contributed by atoms with Crippen molar-refractivity contribution < 1.29 is 13.9 Å². The molecule has 2 heterocycles. The molecule has 0 spiro atoms. The molecule has 0 radical (unpaired) electrons. The zero-order valence-electron chi connectivity index (χ0n) is 12.5. The molecule has 0 bridgehead atoms. The molecule has 1 fully saturated rings. The molecule has 7 heteroatoms. The van der Waals surface area contributed by atoms with Crippen LogP contribution >= 0.6 is 11.3 Å². The number of amides is 1. The Balaban J connectivity index is 1.48. The van der Waals surface area contributed by atoms with Gasteiger partial charge in [0.05, 0.1) is 18.2 Å². The molecule has 0 aliphatic carbocycles. The lowest BCUT2D eigenvalue weighted by molar-refractivity contribution is -0.121. The number of anilines is 2. The fourth-order valence-corrected chi connectivity index (χ4v) is 3.09. The number of aromatic nitrogens is 1. The van der Waals surface area contributed by atoms with Gasteiger partial charge in [0.25, 0.3) is 0 Å². The topological polar surface area (TPSA) is 63.2 Å². The molecule has 0 unspecified atom stereocenters. The van der Waals surface area contributed by atoms with E-state index in [1.165, 1.54) is 23.5 Å². The van der Waals surface area contributed by atoms with Crippen molar-refractivity contribution in [2.24, 2.45) is 0 Å². The smallest absolute Gasteiger partial charge is 0.226 e. The highest BCUT2D eigenvalue weighted by atomic mass is 32.1. The summed E-state index contributed by atoms with van der Waals surface area (Å²) in [6, 6.07) is 6.06.